The Morgan fingerprint density at radius 3 is 1.02 bits per heavy atom. The van der Waals surface area contributed by atoms with Crippen molar-refractivity contribution in [1.29, 1.82) is 0 Å². The fraction of sp³-hybridized carbons (Fsp3) is 0.0370. The van der Waals surface area contributed by atoms with Gasteiger partial charge in [-0.15, -0.1) is 0 Å². The van der Waals surface area contributed by atoms with E-state index in [4.69, 9.17) is 39.4 Å². The minimum atomic E-state index is 0.599. The molecule has 0 saturated heterocycles. The Morgan fingerprint density at radius 2 is 0.613 bits per heavy atom. The molecule has 0 aliphatic carbocycles. The number of methoxy groups -OCH3 is 2. The molecule has 8 heteroatoms. The molecule has 0 saturated carbocycles. The molecule has 0 radical (unpaired) electrons. The van der Waals surface area contributed by atoms with Gasteiger partial charge in [-0.2, -0.15) is 0 Å². The average Bonchev–Trinajstić information content (AvgIpc) is 3.36. The van der Waals surface area contributed by atoms with E-state index in [0.29, 0.717) is 34.9 Å². The number of ether oxygens (including phenoxy) is 2. The molecule has 10 aromatic rings. The van der Waals surface area contributed by atoms with Crippen LogP contribution in [0.4, 0.5) is 0 Å². The number of hydrogen-bond donors (Lipinski definition) is 0. The Bertz CT molecular complexity index is 3160. The maximum atomic E-state index is 5.38. The molecule has 10 rings (SSSR count). The van der Waals surface area contributed by atoms with E-state index in [1.807, 2.05) is 109 Å². The highest BCUT2D eigenvalue weighted by molar-refractivity contribution is 5.99. The van der Waals surface area contributed by atoms with Crippen LogP contribution in [0.2, 0.25) is 0 Å². The van der Waals surface area contributed by atoms with E-state index in [2.05, 4.69) is 84.9 Å². The van der Waals surface area contributed by atoms with Gasteiger partial charge in [-0.05, 0) is 87.6 Å². The summed E-state index contributed by atoms with van der Waals surface area (Å²) in [6.45, 7) is 0. The first-order valence-electron chi connectivity index (χ1n) is 20.2. The number of benzene rings is 8. The van der Waals surface area contributed by atoms with Gasteiger partial charge in [0.05, 0.1) is 14.2 Å². The SMILES string of the molecule is COc1ccc(-c2nc(-c3ccccc3)nc(-c3ccc(-c4ccc5c(-c6ccc(-c7nc(-c8ccccc8)nc(-c8ccc(OC)cc8)n7)cc6)cccc5c4)cc3)n2)cc1. The smallest absolute Gasteiger partial charge is 0.164 e. The molecular formula is C54H38N6O2. The molecule has 8 aromatic carbocycles. The van der Waals surface area contributed by atoms with Crippen LogP contribution in [0.3, 0.4) is 0 Å². The van der Waals surface area contributed by atoms with Crippen molar-refractivity contribution < 1.29 is 9.47 Å². The Labute approximate surface area is 359 Å². The van der Waals surface area contributed by atoms with E-state index in [1.165, 1.54) is 5.39 Å². The van der Waals surface area contributed by atoms with Crippen LogP contribution in [-0.4, -0.2) is 44.1 Å². The average molecular weight is 803 g/mol. The highest BCUT2D eigenvalue weighted by Gasteiger charge is 2.15. The van der Waals surface area contributed by atoms with Gasteiger partial charge in [0.15, 0.2) is 34.9 Å². The molecule has 8 nitrogen and oxygen atoms in total. The van der Waals surface area contributed by atoms with Gasteiger partial charge in [-0.3, -0.25) is 0 Å². The summed E-state index contributed by atoms with van der Waals surface area (Å²) in [5.74, 6) is 5.19. The lowest BCUT2D eigenvalue weighted by Gasteiger charge is -2.12. The molecule has 2 heterocycles. The number of rotatable bonds is 10. The van der Waals surface area contributed by atoms with Gasteiger partial charge in [0.2, 0.25) is 0 Å². The highest BCUT2D eigenvalue weighted by Crippen LogP contribution is 2.35. The molecule has 0 fully saturated rings. The van der Waals surface area contributed by atoms with Gasteiger partial charge in [-0.1, -0.05) is 140 Å². The van der Waals surface area contributed by atoms with Crippen molar-refractivity contribution in [2.45, 2.75) is 0 Å². The third-order valence-corrected chi connectivity index (χ3v) is 10.8. The van der Waals surface area contributed by atoms with Crippen molar-refractivity contribution in [1.82, 2.24) is 29.9 Å². The number of fused-ring (bicyclic) bond motifs is 1. The monoisotopic (exact) mass is 802 g/mol. The van der Waals surface area contributed by atoms with Gasteiger partial charge in [0, 0.05) is 33.4 Å². The lowest BCUT2D eigenvalue weighted by molar-refractivity contribution is 0.414. The number of aromatic nitrogens is 6. The van der Waals surface area contributed by atoms with Gasteiger partial charge in [0.25, 0.3) is 0 Å². The van der Waals surface area contributed by atoms with Crippen LogP contribution in [-0.2, 0) is 0 Å². The summed E-state index contributed by atoms with van der Waals surface area (Å²) in [7, 11) is 3.31. The Morgan fingerprint density at radius 1 is 0.274 bits per heavy atom. The molecule has 296 valence electrons. The first-order valence-corrected chi connectivity index (χ1v) is 20.2. The predicted molar refractivity (Wildman–Crippen MR) is 247 cm³/mol. The molecule has 62 heavy (non-hydrogen) atoms. The molecule has 0 spiro atoms. The van der Waals surface area contributed by atoms with Crippen LogP contribution in [0.15, 0.2) is 194 Å². The third kappa shape index (κ3) is 7.76. The van der Waals surface area contributed by atoms with Crippen molar-refractivity contribution in [3.63, 3.8) is 0 Å². The van der Waals surface area contributed by atoms with E-state index in [0.717, 1.165) is 72.5 Å². The van der Waals surface area contributed by atoms with Gasteiger partial charge in [-0.25, -0.2) is 29.9 Å². The molecule has 0 atom stereocenters. The van der Waals surface area contributed by atoms with E-state index < -0.39 is 0 Å². The first kappa shape index (κ1) is 37.9. The second-order valence-electron chi connectivity index (χ2n) is 14.7. The van der Waals surface area contributed by atoms with Crippen molar-refractivity contribution in [2.75, 3.05) is 14.2 Å². The molecular weight excluding hydrogens is 765 g/mol. The van der Waals surface area contributed by atoms with Crippen LogP contribution < -0.4 is 9.47 Å². The lowest BCUT2D eigenvalue weighted by atomic mass is 9.94. The summed E-state index contributed by atoms with van der Waals surface area (Å²) in [6.07, 6.45) is 0. The van der Waals surface area contributed by atoms with E-state index in [-0.39, 0.29) is 0 Å². The van der Waals surface area contributed by atoms with Crippen molar-refractivity contribution in [3.8, 4) is 102 Å². The maximum absolute atomic E-state index is 5.38. The first-order chi connectivity index (χ1) is 30.6. The fourth-order valence-corrected chi connectivity index (χ4v) is 7.51. The third-order valence-electron chi connectivity index (χ3n) is 10.8. The molecule has 0 aliphatic heterocycles. The number of hydrogen-bond acceptors (Lipinski definition) is 8. The van der Waals surface area contributed by atoms with Crippen molar-refractivity contribution in [3.05, 3.63) is 194 Å². The quantitative estimate of drug-likeness (QED) is 0.135. The largest absolute Gasteiger partial charge is 0.497 e. The summed E-state index contributed by atoms with van der Waals surface area (Å²) in [4.78, 5) is 29.4. The summed E-state index contributed by atoms with van der Waals surface area (Å²) >= 11 is 0. The van der Waals surface area contributed by atoms with Crippen LogP contribution in [0.5, 0.6) is 11.5 Å². The Hall–Kier alpha value is -8.36. The van der Waals surface area contributed by atoms with Gasteiger partial charge >= 0.3 is 0 Å². The second kappa shape index (κ2) is 16.7. The molecule has 0 unspecified atom stereocenters. The standard InChI is InChI=1S/C54H38N6O2/c1-61-45-29-24-41(25-30-45)53-57-49(37-10-5-3-6-11-37)55-51(59-53)39-20-16-35(17-21-39)43-28-33-48-44(34-43)14-9-15-47(48)36-18-22-40(23-19-36)52-56-50(38-12-7-4-8-13-38)58-54(60-52)42-26-31-46(62-2)32-27-42/h3-34H,1-2H3. The molecule has 2 aromatic heterocycles. The summed E-state index contributed by atoms with van der Waals surface area (Å²) in [5.41, 5.74) is 9.88. The van der Waals surface area contributed by atoms with Crippen molar-refractivity contribution >= 4 is 10.8 Å². The van der Waals surface area contributed by atoms with Gasteiger partial charge in [0.1, 0.15) is 11.5 Å². The number of nitrogens with zero attached hydrogens (tertiary/aromatic N) is 6. The zero-order valence-electron chi connectivity index (χ0n) is 34.0. The fourth-order valence-electron chi connectivity index (χ4n) is 7.51. The summed E-state index contributed by atoms with van der Waals surface area (Å²) < 4.78 is 10.8. The highest BCUT2D eigenvalue weighted by atomic mass is 16.5. The topological polar surface area (TPSA) is 95.8 Å². The van der Waals surface area contributed by atoms with Crippen LogP contribution in [0.25, 0.3) is 101 Å². The normalized spacial score (nSPS) is 11.1. The van der Waals surface area contributed by atoms with Crippen LogP contribution in [0, 0.1) is 0 Å². The van der Waals surface area contributed by atoms with E-state index >= 15 is 0 Å². The van der Waals surface area contributed by atoms with Crippen LogP contribution >= 0.6 is 0 Å². The van der Waals surface area contributed by atoms with E-state index in [9.17, 15) is 0 Å². The van der Waals surface area contributed by atoms with Crippen molar-refractivity contribution in [2.24, 2.45) is 0 Å². The zero-order chi connectivity index (χ0) is 41.8. The second-order valence-corrected chi connectivity index (χ2v) is 14.7. The molecule has 0 amide bonds. The van der Waals surface area contributed by atoms with Gasteiger partial charge < -0.3 is 9.47 Å². The molecule has 0 aliphatic rings. The zero-order valence-corrected chi connectivity index (χ0v) is 34.0. The minimum absolute atomic E-state index is 0.599. The summed E-state index contributed by atoms with van der Waals surface area (Å²) in [6, 6.07) is 65.5. The molecule has 0 bridgehead atoms. The maximum Gasteiger partial charge on any atom is 0.164 e. The van der Waals surface area contributed by atoms with Crippen LogP contribution in [0.1, 0.15) is 0 Å². The molecule has 0 N–H and O–H groups in total. The van der Waals surface area contributed by atoms with E-state index in [1.54, 1.807) is 14.2 Å². The Balaban J connectivity index is 0.940. The predicted octanol–water partition coefficient (Wildman–Crippen LogP) is 12.6. The minimum Gasteiger partial charge on any atom is -0.497 e. The Kier molecular flexibility index (Phi) is 10.2. The summed E-state index contributed by atoms with van der Waals surface area (Å²) in [5, 5.41) is 2.31. The lowest BCUT2D eigenvalue weighted by Crippen LogP contribution is -2.00.